The molecule has 0 fully saturated rings. The molecule has 0 atom stereocenters. The van der Waals surface area contributed by atoms with Crippen LogP contribution in [0, 0.1) is 10.5 Å². The number of carbonyl (C=O) groups is 2. The van der Waals surface area contributed by atoms with E-state index in [4.69, 9.17) is 14.6 Å². The molecule has 8 nitrogen and oxygen atoms in total. The highest BCUT2D eigenvalue weighted by atomic mass is 127. The normalized spacial score (nSPS) is 11.0. The Bertz CT molecular complexity index is 1800. The first kappa shape index (κ1) is 30.6. The molecule has 9 heteroatoms. The molecule has 0 bridgehead atoms. The van der Waals surface area contributed by atoms with Gasteiger partial charge in [0.25, 0.3) is 5.91 Å². The molecule has 0 radical (unpaired) electrons. The van der Waals surface area contributed by atoms with Crippen molar-refractivity contribution in [3.8, 4) is 28.4 Å². The molecule has 0 unspecified atom stereocenters. The summed E-state index contributed by atoms with van der Waals surface area (Å²) in [6, 6.07) is 32.0. The third-order valence-electron chi connectivity index (χ3n) is 6.83. The van der Waals surface area contributed by atoms with Crippen LogP contribution in [0.15, 0.2) is 108 Å². The van der Waals surface area contributed by atoms with Crippen molar-refractivity contribution in [1.29, 1.82) is 0 Å². The first-order chi connectivity index (χ1) is 21.3. The number of halogens is 1. The molecule has 1 heterocycles. The maximum absolute atomic E-state index is 12.8. The number of hydrogen-bond donors (Lipinski definition) is 2. The topological polar surface area (TPSA) is 102 Å². The third kappa shape index (κ3) is 7.17. The number of amides is 1. The van der Waals surface area contributed by atoms with Gasteiger partial charge in [-0.2, -0.15) is 5.10 Å². The number of rotatable bonds is 11. The summed E-state index contributed by atoms with van der Waals surface area (Å²) in [6.45, 7) is 4.62. The van der Waals surface area contributed by atoms with Crippen LogP contribution < -0.4 is 14.9 Å². The lowest BCUT2D eigenvalue weighted by Gasteiger charge is -2.15. The highest BCUT2D eigenvalue weighted by Crippen LogP contribution is 2.34. The van der Waals surface area contributed by atoms with Crippen LogP contribution in [-0.2, 0) is 6.61 Å². The van der Waals surface area contributed by atoms with Gasteiger partial charge in [-0.15, -0.1) is 0 Å². The van der Waals surface area contributed by atoms with E-state index in [0.717, 1.165) is 37.3 Å². The number of aromatic carboxylic acids is 1. The van der Waals surface area contributed by atoms with Crippen molar-refractivity contribution < 1.29 is 24.2 Å². The van der Waals surface area contributed by atoms with Crippen molar-refractivity contribution in [2.75, 3.05) is 6.61 Å². The molecule has 2 N–H and O–H groups in total. The Balaban J connectivity index is 1.25. The van der Waals surface area contributed by atoms with Crippen molar-refractivity contribution >= 4 is 40.7 Å². The predicted octanol–water partition coefficient (Wildman–Crippen LogP) is 7.50. The number of benzene rings is 4. The number of hydrazone groups is 1. The molecule has 4 aromatic carbocycles. The van der Waals surface area contributed by atoms with Crippen LogP contribution >= 0.6 is 22.6 Å². The van der Waals surface area contributed by atoms with Crippen LogP contribution in [0.1, 0.15) is 44.5 Å². The van der Waals surface area contributed by atoms with E-state index in [1.165, 1.54) is 0 Å². The maximum Gasteiger partial charge on any atom is 0.335 e. The number of ether oxygens (including phenoxy) is 2. The Labute approximate surface area is 269 Å². The van der Waals surface area contributed by atoms with Crippen LogP contribution in [-0.4, -0.2) is 34.4 Å². The molecular formula is C35H30IN3O5. The predicted molar refractivity (Wildman–Crippen MR) is 179 cm³/mol. The minimum absolute atomic E-state index is 0.218. The SMILES string of the molecule is CCOc1cc(/C=N/NC(=O)c2ccc(-n3c(C)ccc3-c3ccccc3)cc2)cc(I)c1OCc1ccc(C(=O)O)cc1. The molecule has 44 heavy (non-hydrogen) atoms. The summed E-state index contributed by atoms with van der Waals surface area (Å²) in [5.74, 6) is -0.184. The van der Waals surface area contributed by atoms with E-state index < -0.39 is 5.97 Å². The molecule has 0 aliphatic heterocycles. The fourth-order valence-electron chi connectivity index (χ4n) is 4.67. The number of carboxylic acid groups (broad SMARTS) is 1. The Kier molecular flexibility index (Phi) is 9.75. The highest BCUT2D eigenvalue weighted by Gasteiger charge is 2.14. The van der Waals surface area contributed by atoms with Gasteiger partial charge in [0.2, 0.25) is 0 Å². The number of aryl methyl sites for hydroxylation is 1. The fraction of sp³-hybridized carbons (Fsp3) is 0.114. The molecule has 1 amide bonds. The summed E-state index contributed by atoms with van der Waals surface area (Å²) in [7, 11) is 0. The summed E-state index contributed by atoms with van der Waals surface area (Å²) >= 11 is 2.16. The number of hydrogen-bond acceptors (Lipinski definition) is 5. The van der Waals surface area contributed by atoms with Gasteiger partial charge in [-0.05, 0) is 114 Å². The number of carbonyl (C=O) groups excluding carboxylic acids is 1. The van der Waals surface area contributed by atoms with E-state index in [2.05, 4.69) is 68.9 Å². The van der Waals surface area contributed by atoms with Crippen molar-refractivity contribution in [1.82, 2.24) is 9.99 Å². The molecule has 222 valence electrons. The standard InChI is InChI=1S/C35H30IN3O5/c1-3-43-32-20-25(19-30(36)33(32)44-22-24-10-12-28(13-11-24)35(41)42)21-37-38-34(40)27-14-16-29(17-15-27)39-23(2)9-18-31(39)26-7-5-4-6-8-26/h4-21H,3,22H2,1-2H3,(H,38,40)(H,41,42)/b37-21+. The maximum atomic E-state index is 12.8. The van der Waals surface area contributed by atoms with E-state index in [-0.39, 0.29) is 18.1 Å². The van der Waals surface area contributed by atoms with Gasteiger partial charge in [-0.25, -0.2) is 10.2 Å². The summed E-state index contributed by atoms with van der Waals surface area (Å²) in [5, 5.41) is 13.3. The third-order valence-corrected chi connectivity index (χ3v) is 7.63. The minimum atomic E-state index is -0.975. The zero-order valence-electron chi connectivity index (χ0n) is 24.2. The molecule has 0 spiro atoms. The van der Waals surface area contributed by atoms with E-state index in [1.807, 2.05) is 43.3 Å². The Morgan fingerprint density at radius 3 is 2.30 bits per heavy atom. The second-order valence-electron chi connectivity index (χ2n) is 9.86. The van der Waals surface area contributed by atoms with Gasteiger partial charge in [0, 0.05) is 16.9 Å². The van der Waals surface area contributed by atoms with E-state index in [1.54, 1.807) is 48.7 Å². The molecule has 1 aromatic heterocycles. The quantitative estimate of drug-likeness (QED) is 0.0845. The van der Waals surface area contributed by atoms with Crippen LogP contribution in [0.2, 0.25) is 0 Å². The van der Waals surface area contributed by atoms with Gasteiger partial charge < -0.3 is 19.1 Å². The first-order valence-corrected chi connectivity index (χ1v) is 15.0. The summed E-state index contributed by atoms with van der Waals surface area (Å²) in [4.78, 5) is 23.9. The molecule has 5 rings (SSSR count). The van der Waals surface area contributed by atoms with Crippen LogP contribution in [0.25, 0.3) is 16.9 Å². The summed E-state index contributed by atoms with van der Waals surface area (Å²) < 4.78 is 14.8. The van der Waals surface area contributed by atoms with Crippen LogP contribution in [0.5, 0.6) is 11.5 Å². The van der Waals surface area contributed by atoms with Crippen LogP contribution in [0.4, 0.5) is 0 Å². The molecular weight excluding hydrogens is 669 g/mol. The molecule has 0 aliphatic carbocycles. The number of nitrogens with zero attached hydrogens (tertiary/aromatic N) is 2. The second-order valence-corrected chi connectivity index (χ2v) is 11.0. The Hall–Kier alpha value is -4.90. The molecule has 5 aromatic rings. The van der Waals surface area contributed by atoms with Gasteiger partial charge >= 0.3 is 5.97 Å². The van der Waals surface area contributed by atoms with E-state index in [0.29, 0.717) is 23.7 Å². The number of nitrogens with one attached hydrogen (secondary N) is 1. The van der Waals surface area contributed by atoms with E-state index in [9.17, 15) is 9.59 Å². The van der Waals surface area contributed by atoms with Crippen LogP contribution in [0.3, 0.4) is 0 Å². The summed E-state index contributed by atoms with van der Waals surface area (Å²) in [6.07, 6.45) is 1.56. The highest BCUT2D eigenvalue weighted by molar-refractivity contribution is 14.1. The zero-order chi connectivity index (χ0) is 31.1. The fourth-order valence-corrected chi connectivity index (χ4v) is 5.45. The average molecular weight is 700 g/mol. The lowest BCUT2D eigenvalue weighted by Crippen LogP contribution is -2.17. The number of carboxylic acids is 1. The molecule has 0 saturated carbocycles. The van der Waals surface area contributed by atoms with Gasteiger partial charge in [0.05, 0.1) is 27.6 Å². The average Bonchev–Trinajstić information content (AvgIpc) is 3.42. The van der Waals surface area contributed by atoms with Gasteiger partial charge in [0.1, 0.15) is 6.61 Å². The van der Waals surface area contributed by atoms with Crippen molar-refractivity contribution in [3.05, 3.63) is 135 Å². The van der Waals surface area contributed by atoms with E-state index >= 15 is 0 Å². The summed E-state index contributed by atoms with van der Waals surface area (Å²) in [5.41, 5.74) is 9.12. The van der Waals surface area contributed by atoms with Crippen molar-refractivity contribution in [3.63, 3.8) is 0 Å². The smallest absolute Gasteiger partial charge is 0.335 e. The number of aromatic nitrogens is 1. The van der Waals surface area contributed by atoms with Crippen molar-refractivity contribution in [2.45, 2.75) is 20.5 Å². The zero-order valence-corrected chi connectivity index (χ0v) is 26.3. The first-order valence-electron chi connectivity index (χ1n) is 13.9. The second kappa shape index (κ2) is 14.0. The molecule has 0 saturated heterocycles. The van der Waals surface area contributed by atoms with Gasteiger partial charge in [0.15, 0.2) is 11.5 Å². The largest absolute Gasteiger partial charge is 0.490 e. The Morgan fingerprint density at radius 1 is 0.909 bits per heavy atom. The van der Waals surface area contributed by atoms with Gasteiger partial charge in [-0.3, -0.25) is 4.79 Å². The van der Waals surface area contributed by atoms with Gasteiger partial charge in [-0.1, -0.05) is 42.5 Å². The Morgan fingerprint density at radius 2 is 1.61 bits per heavy atom. The lowest BCUT2D eigenvalue weighted by atomic mass is 10.1. The lowest BCUT2D eigenvalue weighted by molar-refractivity contribution is 0.0696. The minimum Gasteiger partial charge on any atom is -0.490 e. The van der Waals surface area contributed by atoms with Crippen molar-refractivity contribution in [2.24, 2.45) is 5.10 Å². The molecule has 0 aliphatic rings. The monoisotopic (exact) mass is 699 g/mol.